The molecular formula is C9H20N2S. The van der Waals surface area contributed by atoms with E-state index in [9.17, 15) is 0 Å². The number of nitrogens with one attached hydrogen (secondary N) is 1. The number of hydrogen-bond donors (Lipinski definition) is 1. The lowest BCUT2D eigenvalue weighted by Gasteiger charge is -2.10. The molecule has 1 unspecified atom stereocenters. The first-order valence-corrected chi connectivity index (χ1v) is 5.87. The Morgan fingerprint density at radius 1 is 1.50 bits per heavy atom. The molecule has 0 aliphatic carbocycles. The fourth-order valence-electron chi connectivity index (χ4n) is 1.35. The molecule has 0 radical (unpaired) electrons. The van der Waals surface area contributed by atoms with E-state index in [1.165, 1.54) is 37.6 Å². The molecule has 1 heterocycles. The predicted molar refractivity (Wildman–Crippen MR) is 56.9 cm³/mol. The van der Waals surface area contributed by atoms with Gasteiger partial charge in [-0.05, 0) is 45.3 Å². The fraction of sp³-hybridized carbons (Fsp3) is 1.00. The third-order valence-corrected chi connectivity index (χ3v) is 3.38. The molecule has 0 spiro atoms. The first-order valence-electron chi connectivity index (χ1n) is 4.72. The van der Waals surface area contributed by atoms with Gasteiger partial charge in [0.05, 0.1) is 0 Å². The van der Waals surface area contributed by atoms with Crippen LogP contribution in [0.3, 0.4) is 0 Å². The van der Waals surface area contributed by atoms with E-state index >= 15 is 0 Å². The topological polar surface area (TPSA) is 15.3 Å². The molecule has 2 nitrogen and oxygen atoms in total. The van der Waals surface area contributed by atoms with Crippen molar-refractivity contribution in [3.8, 4) is 0 Å². The zero-order valence-corrected chi connectivity index (χ0v) is 8.99. The van der Waals surface area contributed by atoms with E-state index < -0.39 is 0 Å². The van der Waals surface area contributed by atoms with Crippen molar-refractivity contribution in [2.75, 3.05) is 45.2 Å². The lowest BCUT2D eigenvalue weighted by atomic mass is 10.2. The summed E-state index contributed by atoms with van der Waals surface area (Å²) in [6.45, 7) is 3.69. The molecule has 0 amide bonds. The van der Waals surface area contributed by atoms with Crippen LogP contribution in [-0.4, -0.2) is 50.1 Å². The molecule has 12 heavy (non-hydrogen) atoms. The van der Waals surface area contributed by atoms with Gasteiger partial charge in [0.15, 0.2) is 0 Å². The van der Waals surface area contributed by atoms with Crippen molar-refractivity contribution in [1.82, 2.24) is 10.2 Å². The molecule has 1 saturated heterocycles. The van der Waals surface area contributed by atoms with E-state index in [0.29, 0.717) is 0 Å². The highest BCUT2D eigenvalue weighted by Gasteiger charge is 2.13. The Kier molecular flexibility index (Phi) is 5.04. The molecule has 1 fully saturated rings. The molecule has 1 aliphatic rings. The Hall–Kier alpha value is 0.270. The lowest BCUT2D eigenvalue weighted by Crippen LogP contribution is -2.16. The second-order valence-corrected chi connectivity index (χ2v) is 4.89. The summed E-state index contributed by atoms with van der Waals surface area (Å²) in [6.07, 6.45) is 1.38. The Balaban J connectivity index is 1.88. The van der Waals surface area contributed by atoms with Crippen LogP contribution in [0.4, 0.5) is 0 Å². The maximum absolute atomic E-state index is 3.40. The standard InChI is InChI=1S/C9H20N2S/c1-11(2)5-6-12-8-9-3-4-10-7-9/h9-10H,3-8H2,1-2H3. The summed E-state index contributed by atoms with van der Waals surface area (Å²) in [5.74, 6) is 3.57. The summed E-state index contributed by atoms with van der Waals surface area (Å²) in [5, 5.41) is 3.40. The molecule has 1 rings (SSSR count). The smallest absolute Gasteiger partial charge is 0.00662 e. The van der Waals surface area contributed by atoms with Gasteiger partial charge in [-0.3, -0.25) is 0 Å². The van der Waals surface area contributed by atoms with E-state index in [0.717, 1.165) is 5.92 Å². The minimum Gasteiger partial charge on any atom is -0.316 e. The fourth-order valence-corrected chi connectivity index (χ4v) is 2.63. The maximum atomic E-state index is 3.40. The SMILES string of the molecule is CN(C)CCSCC1CCNC1. The third kappa shape index (κ3) is 4.33. The van der Waals surface area contributed by atoms with Gasteiger partial charge >= 0.3 is 0 Å². The quantitative estimate of drug-likeness (QED) is 0.645. The Bertz CT molecular complexity index is 111. The molecule has 0 saturated carbocycles. The van der Waals surface area contributed by atoms with Crippen LogP contribution in [0, 0.1) is 5.92 Å². The van der Waals surface area contributed by atoms with Gasteiger partial charge in [0.1, 0.15) is 0 Å². The zero-order valence-electron chi connectivity index (χ0n) is 8.18. The van der Waals surface area contributed by atoms with Crippen molar-refractivity contribution in [3.05, 3.63) is 0 Å². The summed E-state index contributed by atoms with van der Waals surface area (Å²) in [5.41, 5.74) is 0. The molecule has 0 bridgehead atoms. The van der Waals surface area contributed by atoms with E-state index in [2.05, 4.69) is 36.1 Å². The summed E-state index contributed by atoms with van der Waals surface area (Å²) < 4.78 is 0. The summed E-state index contributed by atoms with van der Waals surface area (Å²) in [7, 11) is 4.27. The van der Waals surface area contributed by atoms with E-state index in [1.807, 2.05) is 0 Å². The predicted octanol–water partition coefficient (Wildman–Crippen LogP) is 0.891. The Morgan fingerprint density at radius 3 is 2.92 bits per heavy atom. The average Bonchev–Trinajstić information content (AvgIpc) is 2.49. The summed E-state index contributed by atoms with van der Waals surface area (Å²) in [6, 6.07) is 0. The number of hydrogen-bond acceptors (Lipinski definition) is 3. The second kappa shape index (κ2) is 5.84. The van der Waals surface area contributed by atoms with Gasteiger partial charge in [-0.2, -0.15) is 11.8 Å². The molecule has 72 valence electrons. The van der Waals surface area contributed by atoms with Crippen molar-refractivity contribution >= 4 is 11.8 Å². The van der Waals surface area contributed by atoms with E-state index in [4.69, 9.17) is 0 Å². The molecule has 3 heteroatoms. The molecule has 0 aromatic carbocycles. The molecular weight excluding hydrogens is 168 g/mol. The summed E-state index contributed by atoms with van der Waals surface area (Å²) >= 11 is 2.10. The highest BCUT2D eigenvalue weighted by atomic mass is 32.2. The van der Waals surface area contributed by atoms with Crippen molar-refractivity contribution in [1.29, 1.82) is 0 Å². The van der Waals surface area contributed by atoms with Crippen LogP contribution < -0.4 is 5.32 Å². The van der Waals surface area contributed by atoms with Gasteiger partial charge in [-0.25, -0.2) is 0 Å². The van der Waals surface area contributed by atoms with Crippen molar-refractivity contribution in [3.63, 3.8) is 0 Å². The minimum absolute atomic E-state index is 0.942. The molecule has 1 atom stereocenters. The number of rotatable bonds is 5. The normalized spacial score (nSPS) is 23.8. The van der Waals surface area contributed by atoms with Crippen LogP contribution in [0.1, 0.15) is 6.42 Å². The maximum Gasteiger partial charge on any atom is 0.00662 e. The minimum atomic E-state index is 0.942. The first-order chi connectivity index (χ1) is 5.79. The highest BCUT2D eigenvalue weighted by molar-refractivity contribution is 7.99. The average molecular weight is 188 g/mol. The van der Waals surface area contributed by atoms with Gasteiger partial charge in [0, 0.05) is 12.3 Å². The molecule has 1 aliphatic heterocycles. The molecule has 0 aromatic heterocycles. The Morgan fingerprint density at radius 2 is 2.33 bits per heavy atom. The van der Waals surface area contributed by atoms with Crippen LogP contribution >= 0.6 is 11.8 Å². The van der Waals surface area contributed by atoms with Crippen LogP contribution in [0.15, 0.2) is 0 Å². The molecule has 1 N–H and O–H groups in total. The highest BCUT2D eigenvalue weighted by Crippen LogP contribution is 2.14. The van der Waals surface area contributed by atoms with Crippen LogP contribution in [0.2, 0.25) is 0 Å². The lowest BCUT2D eigenvalue weighted by molar-refractivity contribution is 0.437. The van der Waals surface area contributed by atoms with Crippen LogP contribution in [0.5, 0.6) is 0 Å². The first kappa shape index (κ1) is 10.4. The number of thioether (sulfide) groups is 1. The van der Waals surface area contributed by atoms with Gasteiger partial charge in [0.2, 0.25) is 0 Å². The molecule has 0 aromatic rings. The van der Waals surface area contributed by atoms with Gasteiger partial charge in [0.25, 0.3) is 0 Å². The van der Waals surface area contributed by atoms with Crippen molar-refractivity contribution < 1.29 is 0 Å². The van der Waals surface area contributed by atoms with Gasteiger partial charge in [-0.15, -0.1) is 0 Å². The van der Waals surface area contributed by atoms with E-state index in [-0.39, 0.29) is 0 Å². The van der Waals surface area contributed by atoms with Crippen molar-refractivity contribution in [2.45, 2.75) is 6.42 Å². The number of nitrogens with zero attached hydrogens (tertiary/aromatic N) is 1. The van der Waals surface area contributed by atoms with Gasteiger partial charge in [-0.1, -0.05) is 0 Å². The largest absolute Gasteiger partial charge is 0.316 e. The zero-order chi connectivity index (χ0) is 8.81. The van der Waals surface area contributed by atoms with Crippen molar-refractivity contribution in [2.24, 2.45) is 5.92 Å². The van der Waals surface area contributed by atoms with Crippen LogP contribution in [0.25, 0.3) is 0 Å². The third-order valence-electron chi connectivity index (χ3n) is 2.20. The second-order valence-electron chi connectivity index (χ2n) is 3.74. The monoisotopic (exact) mass is 188 g/mol. The van der Waals surface area contributed by atoms with Crippen LogP contribution in [-0.2, 0) is 0 Å². The van der Waals surface area contributed by atoms with E-state index in [1.54, 1.807) is 0 Å². The van der Waals surface area contributed by atoms with Gasteiger partial charge < -0.3 is 10.2 Å². The Labute approximate surface area is 80.1 Å². The summed E-state index contributed by atoms with van der Waals surface area (Å²) in [4.78, 5) is 2.25.